The number of hydrogen-bond acceptors (Lipinski definition) is 1. The van der Waals surface area contributed by atoms with Crippen molar-refractivity contribution in [3.63, 3.8) is 0 Å². The first-order valence-electron chi connectivity index (χ1n) is 11.3. The van der Waals surface area contributed by atoms with E-state index >= 15 is 0 Å². The zero-order valence-electron chi connectivity index (χ0n) is 18.2. The van der Waals surface area contributed by atoms with Crippen LogP contribution in [0.4, 0.5) is 13.2 Å². The first-order chi connectivity index (χ1) is 14.4. The van der Waals surface area contributed by atoms with Crippen LogP contribution in [-0.2, 0) is 29.5 Å². The fourth-order valence-corrected chi connectivity index (χ4v) is 4.55. The van der Waals surface area contributed by atoms with Crippen LogP contribution in [0, 0.1) is 0 Å². The van der Waals surface area contributed by atoms with Gasteiger partial charge in [0.05, 0.1) is 12.2 Å². The van der Waals surface area contributed by atoms with Crippen molar-refractivity contribution in [1.29, 1.82) is 0 Å². The Hall–Kier alpha value is -1.81. The molecule has 0 radical (unpaired) electrons. The van der Waals surface area contributed by atoms with Gasteiger partial charge in [-0.05, 0) is 42.5 Å². The monoisotopic (exact) mass is 418 g/mol. The zero-order valence-corrected chi connectivity index (χ0v) is 18.2. The maximum atomic E-state index is 14.0. The Balaban J connectivity index is 1.74. The Kier molecular flexibility index (Phi) is 7.62. The summed E-state index contributed by atoms with van der Waals surface area (Å²) in [6, 6.07) is 12.5. The lowest BCUT2D eigenvalue weighted by molar-refractivity contribution is -0.139. The highest BCUT2D eigenvalue weighted by Crippen LogP contribution is 2.48. The van der Waals surface area contributed by atoms with Crippen molar-refractivity contribution in [2.75, 3.05) is 0 Å². The van der Waals surface area contributed by atoms with E-state index in [1.165, 1.54) is 38.2 Å². The summed E-state index contributed by atoms with van der Waals surface area (Å²) in [4.78, 5) is 0. The van der Waals surface area contributed by atoms with Crippen LogP contribution < -0.4 is 0 Å². The third-order valence-electron chi connectivity index (χ3n) is 6.22. The van der Waals surface area contributed by atoms with Crippen molar-refractivity contribution >= 4 is 0 Å². The summed E-state index contributed by atoms with van der Waals surface area (Å²) in [7, 11) is 0. The van der Waals surface area contributed by atoms with Gasteiger partial charge in [0.2, 0.25) is 0 Å². The molecule has 3 rings (SSSR count). The molecule has 1 nitrogen and oxygen atoms in total. The van der Waals surface area contributed by atoms with Crippen molar-refractivity contribution in [2.45, 2.75) is 90.0 Å². The summed E-state index contributed by atoms with van der Waals surface area (Å²) < 4.78 is 48.0. The van der Waals surface area contributed by atoms with Gasteiger partial charge in [-0.15, -0.1) is 0 Å². The van der Waals surface area contributed by atoms with Crippen molar-refractivity contribution in [3.8, 4) is 0 Å². The number of ether oxygens (including phenoxy) is 1. The maximum absolute atomic E-state index is 14.0. The summed E-state index contributed by atoms with van der Waals surface area (Å²) in [5.41, 5.74) is 0.862. The smallest absolute Gasteiger partial charge is 0.361 e. The third kappa shape index (κ3) is 5.26. The fraction of sp³-hybridized carbons (Fsp3) is 0.538. The van der Waals surface area contributed by atoms with Crippen LogP contribution in [-0.4, -0.2) is 0 Å². The van der Waals surface area contributed by atoms with E-state index < -0.39 is 17.3 Å². The second kappa shape index (κ2) is 10.00. The number of benzene rings is 2. The second-order valence-corrected chi connectivity index (χ2v) is 8.59. The van der Waals surface area contributed by atoms with Gasteiger partial charge < -0.3 is 4.74 Å². The van der Waals surface area contributed by atoms with E-state index in [2.05, 4.69) is 6.92 Å². The number of alkyl halides is 3. The minimum absolute atomic E-state index is 0.217. The van der Waals surface area contributed by atoms with E-state index in [1.54, 1.807) is 6.92 Å². The van der Waals surface area contributed by atoms with Crippen LogP contribution in [0.2, 0.25) is 0 Å². The zero-order chi connectivity index (χ0) is 21.6. The second-order valence-electron chi connectivity index (χ2n) is 8.59. The first kappa shape index (κ1) is 22.9. The van der Waals surface area contributed by atoms with Gasteiger partial charge in [-0.1, -0.05) is 88.3 Å². The molecule has 164 valence electrons. The van der Waals surface area contributed by atoms with Gasteiger partial charge in [-0.2, -0.15) is 13.2 Å². The standard InChI is InChI=1S/C26H33F3O/c1-3-4-5-6-7-8-9-11-14-20-17-21-19-30-25(2,22-15-12-10-13-16-22)24(21)23(18-20)26(27,28)29/h10,12-13,15-18H,3-9,11,14,19H2,1-2H3. The van der Waals surface area contributed by atoms with Crippen LogP contribution in [0.25, 0.3) is 0 Å². The summed E-state index contributed by atoms with van der Waals surface area (Å²) in [6.07, 6.45) is 5.76. The molecule has 0 spiro atoms. The van der Waals surface area contributed by atoms with Gasteiger partial charge in [-0.3, -0.25) is 0 Å². The molecule has 2 aromatic carbocycles. The van der Waals surface area contributed by atoms with Crippen LogP contribution in [0.15, 0.2) is 42.5 Å². The molecule has 0 aliphatic carbocycles. The minimum Gasteiger partial charge on any atom is -0.361 e. The molecule has 4 heteroatoms. The average molecular weight is 419 g/mol. The molecule has 0 saturated heterocycles. The highest BCUT2D eigenvalue weighted by Gasteiger charge is 2.46. The lowest BCUT2D eigenvalue weighted by Gasteiger charge is -2.28. The quantitative estimate of drug-likeness (QED) is 0.353. The molecule has 1 aliphatic heterocycles. The predicted molar refractivity (Wildman–Crippen MR) is 115 cm³/mol. The molecule has 1 heterocycles. The Morgan fingerprint density at radius 2 is 1.53 bits per heavy atom. The fourth-order valence-electron chi connectivity index (χ4n) is 4.55. The van der Waals surface area contributed by atoms with E-state index in [1.807, 2.05) is 36.4 Å². The van der Waals surface area contributed by atoms with E-state index in [9.17, 15) is 13.2 Å². The Morgan fingerprint density at radius 3 is 2.17 bits per heavy atom. The molecule has 0 aromatic heterocycles. The molecule has 2 aromatic rings. The summed E-state index contributed by atoms with van der Waals surface area (Å²) >= 11 is 0. The van der Waals surface area contributed by atoms with E-state index in [0.29, 0.717) is 12.0 Å². The van der Waals surface area contributed by atoms with Crippen LogP contribution >= 0.6 is 0 Å². The van der Waals surface area contributed by atoms with Gasteiger partial charge in [0.15, 0.2) is 0 Å². The number of unbranched alkanes of at least 4 members (excludes halogenated alkanes) is 7. The lowest BCUT2D eigenvalue weighted by atomic mass is 9.82. The molecule has 1 aliphatic rings. The summed E-state index contributed by atoms with van der Waals surface area (Å²) in [5, 5.41) is 0. The van der Waals surface area contributed by atoms with E-state index in [-0.39, 0.29) is 12.2 Å². The van der Waals surface area contributed by atoms with Gasteiger partial charge in [0, 0.05) is 5.56 Å². The molecular formula is C26H33F3O. The highest BCUT2D eigenvalue weighted by molar-refractivity contribution is 5.51. The molecule has 0 N–H and O–H groups in total. The maximum Gasteiger partial charge on any atom is 0.416 e. The number of fused-ring (bicyclic) bond motifs is 1. The van der Waals surface area contributed by atoms with Gasteiger partial charge in [0.1, 0.15) is 5.60 Å². The highest BCUT2D eigenvalue weighted by atomic mass is 19.4. The number of halogens is 3. The van der Waals surface area contributed by atoms with Crippen molar-refractivity contribution in [1.82, 2.24) is 0 Å². The number of aryl methyl sites for hydroxylation is 1. The molecule has 0 fully saturated rings. The predicted octanol–water partition coefficient (Wildman–Crippen LogP) is 8.18. The topological polar surface area (TPSA) is 9.23 Å². The molecule has 1 atom stereocenters. The Bertz CT molecular complexity index is 813. The largest absolute Gasteiger partial charge is 0.416 e. The summed E-state index contributed by atoms with van der Waals surface area (Å²) in [6.45, 7) is 4.18. The van der Waals surface area contributed by atoms with Crippen molar-refractivity contribution in [2.24, 2.45) is 0 Å². The minimum atomic E-state index is -4.40. The first-order valence-corrected chi connectivity index (χ1v) is 11.3. The van der Waals surface area contributed by atoms with Gasteiger partial charge in [-0.25, -0.2) is 0 Å². The Morgan fingerprint density at radius 1 is 0.900 bits per heavy atom. The molecule has 0 amide bonds. The van der Waals surface area contributed by atoms with E-state index in [0.717, 1.165) is 30.4 Å². The molecule has 0 saturated carbocycles. The van der Waals surface area contributed by atoms with E-state index in [4.69, 9.17) is 4.74 Å². The number of hydrogen-bond donors (Lipinski definition) is 0. The Labute approximate surface area is 178 Å². The molecular weight excluding hydrogens is 385 g/mol. The SMILES string of the molecule is CCCCCCCCCCc1cc2c(c(C(F)(F)F)c1)C(C)(c1ccccc1)OC2. The van der Waals surface area contributed by atoms with Crippen LogP contribution in [0.3, 0.4) is 0 Å². The average Bonchev–Trinajstić information content (AvgIpc) is 3.07. The van der Waals surface area contributed by atoms with Crippen LogP contribution in [0.1, 0.15) is 93.0 Å². The summed E-state index contributed by atoms with van der Waals surface area (Å²) in [5.74, 6) is 0. The third-order valence-corrected chi connectivity index (χ3v) is 6.22. The molecule has 0 bridgehead atoms. The molecule has 1 unspecified atom stereocenters. The molecule has 30 heavy (non-hydrogen) atoms. The van der Waals surface area contributed by atoms with Gasteiger partial charge >= 0.3 is 6.18 Å². The number of rotatable bonds is 10. The van der Waals surface area contributed by atoms with Crippen LogP contribution in [0.5, 0.6) is 0 Å². The van der Waals surface area contributed by atoms with Gasteiger partial charge in [0.25, 0.3) is 0 Å². The van der Waals surface area contributed by atoms with Crippen molar-refractivity contribution < 1.29 is 17.9 Å². The lowest BCUT2D eigenvalue weighted by Crippen LogP contribution is -2.26. The normalized spacial score (nSPS) is 18.6. The van der Waals surface area contributed by atoms with Crippen molar-refractivity contribution in [3.05, 3.63) is 70.3 Å².